The van der Waals surface area contributed by atoms with Gasteiger partial charge in [-0.3, -0.25) is 9.69 Å². The van der Waals surface area contributed by atoms with Crippen LogP contribution in [0.25, 0.3) is 0 Å². The molecule has 180 valence electrons. The quantitative estimate of drug-likeness (QED) is 0.449. The van der Waals surface area contributed by atoms with Gasteiger partial charge in [0.25, 0.3) is 5.72 Å². The van der Waals surface area contributed by atoms with Crippen LogP contribution < -0.4 is 10.5 Å². The molecule has 2 fully saturated rings. The molecule has 1 saturated carbocycles. The highest BCUT2D eigenvalue weighted by Crippen LogP contribution is 2.43. The molecule has 33 heavy (non-hydrogen) atoms. The number of nitrogens with two attached hydrogens (primary N) is 1. The Labute approximate surface area is 196 Å². The molecule has 1 atom stereocenters. The van der Waals surface area contributed by atoms with Crippen LogP contribution in [0.15, 0.2) is 23.2 Å². The van der Waals surface area contributed by atoms with Gasteiger partial charge in [0.2, 0.25) is 5.91 Å². The molecule has 0 radical (unpaired) electrons. The summed E-state index contributed by atoms with van der Waals surface area (Å²) in [4.78, 5) is 32.8. The lowest BCUT2D eigenvalue weighted by atomic mass is 9.94. The first-order valence-corrected chi connectivity index (χ1v) is 12.2. The first kappa shape index (κ1) is 23.4. The Hall–Kier alpha value is -2.77. The van der Waals surface area contributed by atoms with E-state index in [-0.39, 0.29) is 17.8 Å². The lowest BCUT2D eigenvalue weighted by molar-refractivity contribution is -0.132. The van der Waals surface area contributed by atoms with Crippen molar-refractivity contribution in [2.75, 3.05) is 13.7 Å². The molecule has 1 amide bonds. The highest BCUT2D eigenvalue weighted by atomic mass is 16.7. The predicted octanol–water partition coefficient (Wildman–Crippen LogP) is 3.70. The summed E-state index contributed by atoms with van der Waals surface area (Å²) in [5, 5.41) is 0. The number of aliphatic imine (C=N–C) groups is 1. The maximum Gasteiger partial charge on any atom is 0.375 e. The van der Waals surface area contributed by atoms with Crippen LogP contribution in [-0.2, 0) is 20.9 Å². The standard InChI is InChI=1S/C25H36N4O4/c1-17(2)15-25(23(31)33-25)29-16-18-14-20(11-12-21(18)27-24(29)26)32-13-7-10-22(30)28(3)19-8-5-4-6-9-19/h11-12,14,17,19H,4-10,13,15-16H2,1-3H3,(H2,26,27). The Morgan fingerprint density at radius 3 is 2.73 bits per heavy atom. The van der Waals surface area contributed by atoms with Crippen LogP contribution in [-0.4, -0.2) is 53.1 Å². The molecule has 1 aromatic carbocycles. The number of benzene rings is 1. The Balaban J connectivity index is 1.31. The first-order chi connectivity index (χ1) is 15.8. The van der Waals surface area contributed by atoms with Gasteiger partial charge in [-0.15, -0.1) is 0 Å². The second-order valence-corrected chi connectivity index (χ2v) is 9.87. The molecule has 1 unspecified atom stereocenters. The fourth-order valence-corrected chi connectivity index (χ4v) is 4.98. The van der Waals surface area contributed by atoms with E-state index in [1.54, 1.807) is 4.90 Å². The number of rotatable bonds is 9. The molecule has 8 nitrogen and oxygen atoms in total. The fraction of sp³-hybridized carbons (Fsp3) is 0.640. The Morgan fingerprint density at radius 1 is 1.33 bits per heavy atom. The monoisotopic (exact) mass is 456 g/mol. The predicted molar refractivity (Wildman–Crippen MR) is 126 cm³/mol. The third-order valence-corrected chi connectivity index (χ3v) is 6.87. The minimum Gasteiger partial charge on any atom is -0.494 e. The van der Waals surface area contributed by atoms with E-state index in [4.69, 9.17) is 15.2 Å². The summed E-state index contributed by atoms with van der Waals surface area (Å²) in [5.74, 6) is 1.23. The molecule has 4 rings (SSSR count). The number of carbonyl (C=O) groups is 2. The van der Waals surface area contributed by atoms with E-state index >= 15 is 0 Å². The summed E-state index contributed by atoms with van der Waals surface area (Å²) in [6, 6.07) is 6.07. The number of cyclic esters (lactones) is 1. The third-order valence-electron chi connectivity index (χ3n) is 6.87. The average molecular weight is 457 g/mol. The highest BCUT2D eigenvalue weighted by molar-refractivity contribution is 5.98. The zero-order valence-electron chi connectivity index (χ0n) is 20.0. The van der Waals surface area contributed by atoms with Gasteiger partial charge < -0.3 is 20.1 Å². The van der Waals surface area contributed by atoms with Gasteiger partial charge in [0, 0.05) is 31.5 Å². The number of carbonyl (C=O) groups excluding carboxylic acids is 2. The molecule has 1 aromatic rings. The molecule has 2 N–H and O–H groups in total. The van der Waals surface area contributed by atoms with Crippen LogP contribution in [0.5, 0.6) is 5.75 Å². The number of epoxide rings is 1. The maximum atomic E-state index is 12.5. The first-order valence-electron chi connectivity index (χ1n) is 12.2. The molecule has 0 aromatic heterocycles. The number of guanidine groups is 1. The summed E-state index contributed by atoms with van der Waals surface area (Å²) in [7, 11) is 1.93. The van der Waals surface area contributed by atoms with Gasteiger partial charge in [-0.05, 0) is 43.4 Å². The second kappa shape index (κ2) is 9.61. The van der Waals surface area contributed by atoms with Crippen molar-refractivity contribution in [1.82, 2.24) is 9.80 Å². The van der Waals surface area contributed by atoms with Crippen molar-refractivity contribution in [3.63, 3.8) is 0 Å². The van der Waals surface area contributed by atoms with Crippen molar-refractivity contribution in [3.05, 3.63) is 23.8 Å². The molecule has 2 heterocycles. The minimum atomic E-state index is -0.999. The number of ether oxygens (including phenoxy) is 2. The second-order valence-electron chi connectivity index (χ2n) is 9.87. The van der Waals surface area contributed by atoms with Crippen LogP contribution in [0, 0.1) is 5.92 Å². The van der Waals surface area contributed by atoms with Gasteiger partial charge in [-0.25, -0.2) is 9.79 Å². The third kappa shape index (κ3) is 5.09. The van der Waals surface area contributed by atoms with Crippen LogP contribution in [0.1, 0.15) is 70.8 Å². The molecular formula is C25H36N4O4. The van der Waals surface area contributed by atoms with Gasteiger partial charge in [-0.2, -0.15) is 0 Å². The summed E-state index contributed by atoms with van der Waals surface area (Å²) in [5.41, 5.74) is 6.88. The molecule has 0 spiro atoms. The zero-order valence-corrected chi connectivity index (χ0v) is 20.0. The van der Waals surface area contributed by atoms with Crippen LogP contribution in [0.4, 0.5) is 5.69 Å². The smallest absolute Gasteiger partial charge is 0.375 e. The van der Waals surface area contributed by atoms with Crippen molar-refractivity contribution in [2.24, 2.45) is 16.6 Å². The highest BCUT2D eigenvalue weighted by Gasteiger charge is 2.64. The largest absolute Gasteiger partial charge is 0.494 e. The van der Waals surface area contributed by atoms with Gasteiger partial charge in [0.15, 0.2) is 5.96 Å². The van der Waals surface area contributed by atoms with Gasteiger partial charge >= 0.3 is 5.97 Å². The lowest BCUT2D eigenvalue weighted by Gasteiger charge is -2.32. The van der Waals surface area contributed by atoms with Crippen LogP contribution >= 0.6 is 0 Å². The summed E-state index contributed by atoms with van der Waals surface area (Å²) < 4.78 is 11.3. The van der Waals surface area contributed by atoms with E-state index in [1.807, 2.05) is 44.0 Å². The van der Waals surface area contributed by atoms with E-state index in [0.717, 1.165) is 29.8 Å². The molecular weight excluding hydrogens is 420 g/mol. The number of hydrogen-bond acceptors (Lipinski definition) is 7. The van der Waals surface area contributed by atoms with E-state index in [1.165, 1.54) is 19.3 Å². The molecule has 8 heteroatoms. The van der Waals surface area contributed by atoms with E-state index < -0.39 is 5.72 Å². The van der Waals surface area contributed by atoms with Gasteiger partial charge in [0.1, 0.15) is 5.75 Å². The Kier molecular flexibility index (Phi) is 6.81. The maximum absolute atomic E-state index is 12.5. The molecule has 1 aliphatic carbocycles. The van der Waals surface area contributed by atoms with Crippen LogP contribution in [0.2, 0.25) is 0 Å². The van der Waals surface area contributed by atoms with Crippen molar-refractivity contribution in [1.29, 1.82) is 0 Å². The van der Waals surface area contributed by atoms with Crippen LogP contribution in [0.3, 0.4) is 0 Å². The molecule has 1 saturated heterocycles. The Morgan fingerprint density at radius 2 is 2.06 bits per heavy atom. The van der Waals surface area contributed by atoms with Crippen molar-refractivity contribution in [2.45, 2.75) is 83.5 Å². The lowest BCUT2D eigenvalue weighted by Crippen LogP contribution is -2.49. The zero-order chi connectivity index (χ0) is 23.6. The van der Waals surface area contributed by atoms with Crippen molar-refractivity contribution in [3.8, 4) is 5.75 Å². The van der Waals surface area contributed by atoms with Crippen molar-refractivity contribution < 1.29 is 19.1 Å². The van der Waals surface area contributed by atoms with E-state index in [2.05, 4.69) is 4.99 Å². The summed E-state index contributed by atoms with van der Waals surface area (Å²) >= 11 is 0. The van der Waals surface area contributed by atoms with E-state index in [0.29, 0.717) is 44.4 Å². The van der Waals surface area contributed by atoms with Crippen molar-refractivity contribution >= 4 is 23.5 Å². The minimum absolute atomic E-state index is 0.195. The Bertz CT molecular complexity index is 925. The number of nitrogens with zero attached hydrogens (tertiary/aromatic N) is 3. The van der Waals surface area contributed by atoms with E-state index in [9.17, 15) is 9.59 Å². The summed E-state index contributed by atoms with van der Waals surface area (Å²) in [6.45, 7) is 5.00. The van der Waals surface area contributed by atoms with Gasteiger partial charge in [-0.1, -0.05) is 33.1 Å². The molecule has 3 aliphatic rings. The normalized spacial score (nSPS) is 22.5. The molecule has 0 bridgehead atoms. The summed E-state index contributed by atoms with van der Waals surface area (Å²) in [6.07, 6.45) is 7.68. The number of fused-ring (bicyclic) bond motifs is 1. The van der Waals surface area contributed by atoms with Gasteiger partial charge in [0.05, 0.1) is 18.8 Å². The number of amides is 1. The molecule has 2 aliphatic heterocycles. The average Bonchev–Trinajstić information content (AvgIpc) is 3.44. The SMILES string of the molecule is CC(C)CC1(N2Cc3cc(OCCCC(=O)N(C)C4CCCCC4)ccc3N=C2N)OC1=O. The topological polar surface area (TPSA) is 101 Å². The number of hydrogen-bond donors (Lipinski definition) is 1. The fourth-order valence-electron chi connectivity index (χ4n) is 4.98.